The molecule has 4 nitrogen and oxygen atoms in total. The van der Waals surface area contributed by atoms with Crippen LogP contribution in [0.15, 0.2) is 4.52 Å². The molecule has 2 rings (SSSR count). The van der Waals surface area contributed by atoms with Crippen LogP contribution in [0.25, 0.3) is 0 Å². The number of aromatic nitrogens is 2. The topological polar surface area (TPSA) is 51.0 Å². The second kappa shape index (κ2) is 4.53. The molecule has 1 atom stereocenters. The molecular formula is C12H21N3O. The average Bonchev–Trinajstić information content (AvgIpc) is 2.60. The summed E-state index contributed by atoms with van der Waals surface area (Å²) in [7, 11) is 0. The van der Waals surface area contributed by atoms with E-state index in [2.05, 4.69) is 29.3 Å². The van der Waals surface area contributed by atoms with Gasteiger partial charge in [0.05, 0.1) is 6.54 Å². The monoisotopic (exact) mass is 223 g/mol. The fourth-order valence-electron chi connectivity index (χ4n) is 2.52. The lowest BCUT2D eigenvalue weighted by atomic mass is 9.75. The number of rotatable bonds is 3. The first kappa shape index (κ1) is 11.6. The van der Waals surface area contributed by atoms with E-state index in [0.717, 1.165) is 12.4 Å². The van der Waals surface area contributed by atoms with Crippen LogP contribution in [0.3, 0.4) is 0 Å². The summed E-state index contributed by atoms with van der Waals surface area (Å²) in [6, 6.07) is 0.600. The van der Waals surface area contributed by atoms with E-state index in [1.54, 1.807) is 0 Å². The highest BCUT2D eigenvalue weighted by atomic mass is 16.5. The lowest BCUT2D eigenvalue weighted by molar-refractivity contribution is 0.197. The summed E-state index contributed by atoms with van der Waals surface area (Å²) in [6.45, 7) is 7.23. The van der Waals surface area contributed by atoms with Gasteiger partial charge in [-0.1, -0.05) is 25.4 Å². The zero-order valence-corrected chi connectivity index (χ0v) is 10.4. The Morgan fingerprint density at radius 2 is 2.31 bits per heavy atom. The van der Waals surface area contributed by atoms with Gasteiger partial charge < -0.3 is 9.84 Å². The molecule has 1 fully saturated rings. The van der Waals surface area contributed by atoms with Gasteiger partial charge in [0.2, 0.25) is 5.89 Å². The molecule has 0 saturated heterocycles. The van der Waals surface area contributed by atoms with Crippen LogP contribution in [0.2, 0.25) is 0 Å². The van der Waals surface area contributed by atoms with Gasteiger partial charge in [-0.15, -0.1) is 0 Å². The largest absolute Gasteiger partial charge is 0.340 e. The van der Waals surface area contributed by atoms with Gasteiger partial charge in [0, 0.05) is 13.0 Å². The summed E-state index contributed by atoms with van der Waals surface area (Å²) in [4.78, 5) is 4.19. The molecule has 90 valence electrons. The Balaban J connectivity index is 1.82. The molecule has 0 bridgehead atoms. The number of hydrogen-bond donors (Lipinski definition) is 1. The van der Waals surface area contributed by atoms with Gasteiger partial charge in [-0.2, -0.15) is 4.98 Å². The fraction of sp³-hybridized carbons (Fsp3) is 0.833. The van der Waals surface area contributed by atoms with Crippen molar-refractivity contribution in [3.63, 3.8) is 0 Å². The summed E-state index contributed by atoms with van der Waals surface area (Å²) < 4.78 is 4.94. The molecule has 1 saturated carbocycles. The number of aryl methyl sites for hydroxylation is 1. The fourth-order valence-corrected chi connectivity index (χ4v) is 2.52. The molecule has 1 unspecified atom stereocenters. The third-order valence-corrected chi connectivity index (χ3v) is 3.32. The minimum atomic E-state index is 0.475. The number of hydrogen-bond acceptors (Lipinski definition) is 4. The van der Waals surface area contributed by atoms with Crippen molar-refractivity contribution in [1.82, 2.24) is 15.5 Å². The molecule has 16 heavy (non-hydrogen) atoms. The Morgan fingerprint density at radius 3 is 2.94 bits per heavy atom. The summed E-state index contributed by atoms with van der Waals surface area (Å²) in [5.41, 5.74) is 0.475. The molecule has 1 aromatic rings. The van der Waals surface area contributed by atoms with Gasteiger partial charge in [0.1, 0.15) is 0 Å². The first-order valence-corrected chi connectivity index (χ1v) is 6.08. The minimum Gasteiger partial charge on any atom is -0.340 e. The van der Waals surface area contributed by atoms with E-state index >= 15 is 0 Å². The molecule has 0 amide bonds. The summed E-state index contributed by atoms with van der Waals surface area (Å²) >= 11 is 0. The van der Waals surface area contributed by atoms with E-state index in [1.165, 1.54) is 25.7 Å². The lowest BCUT2D eigenvalue weighted by Crippen LogP contribution is -2.37. The van der Waals surface area contributed by atoms with Crippen molar-refractivity contribution in [3.8, 4) is 0 Å². The van der Waals surface area contributed by atoms with E-state index in [4.69, 9.17) is 4.52 Å². The van der Waals surface area contributed by atoms with E-state index in [1.807, 2.05) is 6.92 Å². The molecule has 1 aliphatic carbocycles. The zero-order valence-electron chi connectivity index (χ0n) is 10.4. The molecule has 0 radical (unpaired) electrons. The molecule has 1 aliphatic rings. The Morgan fingerprint density at radius 1 is 1.50 bits per heavy atom. The summed E-state index contributed by atoms with van der Waals surface area (Å²) in [5, 5.41) is 7.41. The molecule has 0 aromatic carbocycles. The van der Waals surface area contributed by atoms with Gasteiger partial charge in [0.15, 0.2) is 5.82 Å². The van der Waals surface area contributed by atoms with E-state index in [-0.39, 0.29) is 0 Å². The molecule has 0 spiro atoms. The smallest absolute Gasteiger partial charge is 0.223 e. The highest BCUT2D eigenvalue weighted by molar-refractivity contribution is 4.87. The van der Waals surface area contributed by atoms with Gasteiger partial charge >= 0.3 is 0 Å². The Kier molecular flexibility index (Phi) is 3.28. The highest BCUT2D eigenvalue weighted by Gasteiger charge is 2.27. The quantitative estimate of drug-likeness (QED) is 0.855. The molecular weight excluding hydrogens is 202 g/mol. The lowest BCUT2D eigenvalue weighted by Gasteiger charge is -2.35. The van der Waals surface area contributed by atoms with Gasteiger partial charge in [0.25, 0.3) is 0 Å². The SMILES string of the molecule is Cc1nc(CNC2CCCC(C)(C)C2)no1. The van der Waals surface area contributed by atoms with Crippen LogP contribution in [0.5, 0.6) is 0 Å². The van der Waals surface area contributed by atoms with Crippen LogP contribution in [-0.4, -0.2) is 16.2 Å². The van der Waals surface area contributed by atoms with Crippen molar-refractivity contribution in [1.29, 1.82) is 0 Å². The maximum Gasteiger partial charge on any atom is 0.223 e. The third-order valence-electron chi connectivity index (χ3n) is 3.32. The third kappa shape index (κ3) is 3.04. The number of nitrogens with zero attached hydrogens (tertiary/aromatic N) is 2. The predicted molar refractivity (Wildman–Crippen MR) is 61.9 cm³/mol. The number of nitrogens with one attached hydrogen (secondary N) is 1. The Bertz CT molecular complexity index is 346. The van der Waals surface area contributed by atoms with Crippen molar-refractivity contribution >= 4 is 0 Å². The summed E-state index contributed by atoms with van der Waals surface area (Å²) in [5.74, 6) is 1.40. The molecule has 1 aromatic heterocycles. The maximum absolute atomic E-state index is 4.94. The van der Waals surface area contributed by atoms with Crippen molar-refractivity contribution < 1.29 is 4.52 Å². The van der Waals surface area contributed by atoms with E-state index in [9.17, 15) is 0 Å². The van der Waals surface area contributed by atoms with Crippen LogP contribution >= 0.6 is 0 Å². The molecule has 1 heterocycles. The van der Waals surface area contributed by atoms with Gasteiger partial charge in [-0.05, 0) is 24.7 Å². The van der Waals surface area contributed by atoms with Crippen molar-refractivity contribution in [2.24, 2.45) is 5.41 Å². The van der Waals surface area contributed by atoms with Crippen LogP contribution in [0, 0.1) is 12.3 Å². The standard InChI is InChI=1S/C12H21N3O/c1-9-14-11(15-16-9)8-13-10-5-4-6-12(2,3)7-10/h10,13H,4-8H2,1-3H3. The van der Waals surface area contributed by atoms with Crippen LogP contribution in [-0.2, 0) is 6.54 Å². The second-order valence-electron chi connectivity index (χ2n) is 5.57. The predicted octanol–water partition coefficient (Wildman–Crippen LogP) is 2.44. The maximum atomic E-state index is 4.94. The van der Waals surface area contributed by atoms with Crippen molar-refractivity contribution in [2.75, 3.05) is 0 Å². The Hall–Kier alpha value is -0.900. The zero-order chi connectivity index (χ0) is 11.6. The normalized spacial score (nSPS) is 24.6. The van der Waals surface area contributed by atoms with Crippen molar-refractivity contribution in [3.05, 3.63) is 11.7 Å². The average molecular weight is 223 g/mol. The summed E-state index contributed by atoms with van der Waals surface area (Å²) in [6.07, 6.45) is 5.16. The molecule has 0 aliphatic heterocycles. The van der Waals surface area contributed by atoms with E-state index in [0.29, 0.717) is 17.3 Å². The first-order chi connectivity index (χ1) is 7.55. The van der Waals surface area contributed by atoms with Gasteiger partial charge in [-0.3, -0.25) is 0 Å². The Labute approximate surface area is 96.8 Å². The minimum absolute atomic E-state index is 0.475. The highest BCUT2D eigenvalue weighted by Crippen LogP contribution is 2.35. The molecule has 4 heteroatoms. The molecule has 1 N–H and O–H groups in total. The second-order valence-corrected chi connectivity index (χ2v) is 5.57. The van der Waals surface area contributed by atoms with Gasteiger partial charge in [-0.25, -0.2) is 0 Å². The first-order valence-electron chi connectivity index (χ1n) is 6.08. The van der Waals surface area contributed by atoms with E-state index < -0.39 is 0 Å². The van der Waals surface area contributed by atoms with Crippen LogP contribution < -0.4 is 5.32 Å². The van der Waals surface area contributed by atoms with Crippen LogP contribution in [0.1, 0.15) is 51.2 Å². The van der Waals surface area contributed by atoms with Crippen molar-refractivity contribution in [2.45, 2.75) is 59.0 Å². The van der Waals surface area contributed by atoms with Crippen LogP contribution in [0.4, 0.5) is 0 Å².